The van der Waals surface area contributed by atoms with Crippen LogP contribution in [0.4, 0.5) is 0 Å². The number of rotatable bonds is 6. The van der Waals surface area contributed by atoms with E-state index in [1.807, 2.05) is 35.7 Å². The van der Waals surface area contributed by atoms with Crippen molar-refractivity contribution in [1.82, 2.24) is 10.3 Å². The van der Waals surface area contributed by atoms with E-state index in [0.717, 1.165) is 55.3 Å². The van der Waals surface area contributed by atoms with E-state index in [1.54, 1.807) is 11.3 Å². The molecule has 1 aliphatic heterocycles. The molecule has 3 rings (SSSR count). The van der Waals surface area contributed by atoms with Gasteiger partial charge < -0.3 is 10.1 Å². The number of amides is 1. The fourth-order valence-electron chi connectivity index (χ4n) is 3.07. The first-order chi connectivity index (χ1) is 11.7. The summed E-state index contributed by atoms with van der Waals surface area (Å²) in [5.41, 5.74) is 2.14. The zero-order valence-corrected chi connectivity index (χ0v) is 14.9. The van der Waals surface area contributed by atoms with Crippen LogP contribution in [0.15, 0.2) is 35.7 Å². The maximum absolute atomic E-state index is 12.3. The van der Waals surface area contributed by atoms with Gasteiger partial charge in [0.1, 0.15) is 5.01 Å². The van der Waals surface area contributed by atoms with Gasteiger partial charge in [-0.05, 0) is 24.7 Å². The summed E-state index contributed by atoms with van der Waals surface area (Å²) in [5.74, 6) is 0.0548. The first-order valence-corrected chi connectivity index (χ1v) is 9.43. The molecule has 1 saturated heterocycles. The Morgan fingerprint density at radius 1 is 1.29 bits per heavy atom. The Hall–Kier alpha value is -1.72. The number of carbonyl (C=O) groups excluding carboxylic acids is 1. The van der Waals surface area contributed by atoms with Crippen LogP contribution in [-0.2, 0) is 16.0 Å². The molecule has 2 aromatic rings. The van der Waals surface area contributed by atoms with Crippen molar-refractivity contribution in [3.63, 3.8) is 0 Å². The topological polar surface area (TPSA) is 51.2 Å². The molecular formula is C19H24N2O2S. The molecule has 0 saturated carbocycles. The van der Waals surface area contributed by atoms with Crippen LogP contribution in [0, 0.1) is 5.41 Å². The molecule has 1 aromatic heterocycles. The molecule has 5 heteroatoms. The fraction of sp³-hybridized carbons (Fsp3) is 0.474. The van der Waals surface area contributed by atoms with E-state index in [-0.39, 0.29) is 11.3 Å². The van der Waals surface area contributed by atoms with Crippen molar-refractivity contribution in [2.45, 2.75) is 32.6 Å². The van der Waals surface area contributed by atoms with Crippen molar-refractivity contribution in [2.24, 2.45) is 5.41 Å². The largest absolute Gasteiger partial charge is 0.381 e. The smallest absolute Gasteiger partial charge is 0.226 e. The Morgan fingerprint density at radius 3 is 2.75 bits per heavy atom. The molecule has 2 heterocycles. The molecule has 0 radical (unpaired) electrons. The third-order valence-corrected chi connectivity index (χ3v) is 5.82. The minimum Gasteiger partial charge on any atom is -0.381 e. The van der Waals surface area contributed by atoms with Crippen LogP contribution in [0.3, 0.4) is 0 Å². The van der Waals surface area contributed by atoms with E-state index in [0.29, 0.717) is 6.42 Å². The molecule has 0 spiro atoms. The Bertz CT molecular complexity index is 663. The van der Waals surface area contributed by atoms with Crippen LogP contribution in [0.1, 0.15) is 31.9 Å². The van der Waals surface area contributed by atoms with Crippen molar-refractivity contribution >= 4 is 17.2 Å². The second kappa shape index (κ2) is 7.90. The summed E-state index contributed by atoms with van der Waals surface area (Å²) < 4.78 is 5.45. The van der Waals surface area contributed by atoms with E-state index in [4.69, 9.17) is 4.74 Å². The van der Waals surface area contributed by atoms with Gasteiger partial charge in [-0.25, -0.2) is 4.98 Å². The summed E-state index contributed by atoms with van der Waals surface area (Å²) >= 11 is 1.59. The predicted molar refractivity (Wildman–Crippen MR) is 97.0 cm³/mol. The SMILES string of the molecule is CCC1(CNC(=O)Cc2csc(-c3ccccc3)n2)CCOCC1. The average molecular weight is 344 g/mol. The molecule has 1 amide bonds. The number of aromatic nitrogens is 1. The highest BCUT2D eigenvalue weighted by Gasteiger charge is 2.31. The lowest BCUT2D eigenvalue weighted by atomic mass is 9.78. The molecule has 0 bridgehead atoms. The maximum atomic E-state index is 12.3. The second-order valence-electron chi connectivity index (χ2n) is 6.43. The Balaban J connectivity index is 1.54. The standard InChI is InChI=1S/C19H24N2O2S/c1-2-19(8-10-23-11-9-19)14-20-17(22)12-16-13-24-18(21-16)15-6-4-3-5-7-15/h3-7,13H,2,8-12,14H2,1H3,(H,20,22). The highest BCUT2D eigenvalue weighted by atomic mass is 32.1. The molecule has 0 unspecified atom stereocenters. The third kappa shape index (κ3) is 4.22. The fourth-order valence-corrected chi connectivity index (χ4v) is 3.90. The number of ether oxygens (including phenoxy) is 1. The third-order valence-electron chi connectivity index (χ3n) is 4.88. The summed E-state index contributed by atoms with van der Waals surface area (Å²) in [5, 5.41) is 6.06. The highest BCUT2D eigenvalue weighted by molar-refractivity contribution is 7.13. The van der Waals surface area contributed by atoms with Gasteiger partial charge in [-0.2, -0.15) is 0 Å². The summed E-state index contributed by atoms with van der Waals surface area (Å²) in [7, 11) is 0. The molecule has 0 atom stereocenters. The van der Waals surface area contributed by atoms with E-state index in [2.05, 4.69) is 17.2 Å². The number of hydrogen-bond donors (Lipinski definition) is 1. The average Bonchev–Trinajstić information content (AvgIpc) is 3.10. The van der Waals surface area contributed by atoms with Gasteiger partial charge in [0.05, 0.1) is 12.1 Å². The van der Waals surface area contributed by atoms with Crippen molar-refractivity contribution in [3.05, 3.63) is 41.4 Å². The van der Waals surface area contributed by atoms with Crippen molar-refractivity contribution < 1.29 is 9.53 Å². The van der Waals surface area contributed by atoms with Gasteiger partial charge in [-0.3, -0.25) is 4.79 Å². The van der Waals surface area contributed by atoms with Crippen LogP contribution in [0.25, 0.3) is 10.6 Å². The Morgan fingerprint density at radius 2 is 2.04 bits per heavy atom. The second-order valence-corrected chi connectivity index (χ2v) is 7.29. The molecule has 4 nitrogen and oxygen atoms in total. The van der Waals surface area contributed by atoms with Crippen molar-refractivity contribution in [1.29, 1.82) is 0 Å². The summed E-state index contributed by atoms with van der Waals surface area (Å²) in [6.07, 6.45) is 3.47. The normalized spacial score (nSPS) is 16.7. The zero-order chi connectivity index (χ0) is 16.8. The minimum atomic E-state index is 0.0548. The monoisotopic (exact) mass is 344 g/mol. The van der Waals surface area contributed by atoms with E-state index in [1.165, 1.54) is 0 Å². The highest BCUT2D eigenvalue weighted by Crippen LogP contribution is 2.33. The van der Waals surface area contributed by atoms with E-state index >= 15 is 0 Å². The molecule has 1 N–H and O–H groups in total. The van der Waals surface area contributed by atoms with E-state index < -0.39 is 0 Å². The molecule has 24 heavy (non-hydrogen) atoms. The van der Waals surface area contributed by atoms with Crippen LogP contribution in [0.2, 0.25) is 0 Å². The summed E-state index contributed by atoms with van der Waals surface area (Å²) in [6.45, 7) is 4.54. The Labute approximate surface area is 147 Å². The maximum Gasteiger partial charge on any atom is 0.226 e. The zero-order valence-electron chi connectivity index (χ0n) is 14.1. The molecule has 1 fully saturated rings. The number of nitrogens with one attached hydrogen (secondary N) is 1. The molecule has 128 valence electrons. The van der Waals surface area contributed by atoms with Gasteiger partial charge in [0.25, 0.3) is 0 Å². The van der Waals surface area contributed by atoms with Crippen LogP contribution in [0.5, 0.6) is 0 Å². The van der Waals surface area contributed by atoms with Crippen LogP contribution < -0.4 is 5.32 Å². The van der Waals surface area contributed by atoms with Gasteiger partial charge in [-0.1, -0.05) is 37.3 Å². The lowest BCUT2D eigenvalue weighted by Crippen LogP contribution is -2.41. The Kier molecular flexibility index (Phi) is 5.63. The van der Waals surface area contributed by atoms with Crippen molar-refractivity contribution in [3.8, 4) is 10.6 Å². The first kappa shape index (κ1) is 17.1. The van der Waals surface area contributed by atoms with Crippen LogP contribution in [-0.4, -0.2) is 30.6 Å². The number of nitrogens with zero attached hydrogens (tertiary/aromatic N) is 1. The number of thiazole rings is 1. The first-order valence-electron chi connectivity index (χ1n) is 8.55. The lowest BCUT2D eigenvalue weighted by Gasteiger charge is -2.36. The summed E-state index contributed by atoms with van der Waals surface area (Å²) in [4.78, 5) is 16.9. The minimum absolute atomic E-state index is 0.0548. The number of benzene rings is 1. The van der Waals surface area contributed by atoms with Gasteiger partial charge in [0.2, 0.25) is 5.91 Å². The van der Waals surface area contributed by atoms with Gasteiger partial charge in [0, 0.05) is 30.7 Å². The molecule has 0 aliphatic carbocycles. The van der Waals surface area contributed by atoms with E-state index in [9.17, 15) is 4.79 Å². The van der Waals surface area contributed by atoms with Gasteiger partial charge in [0.15, 0.2) is 0 Å². The van der Waals surface area contributed by atoms with Gasteiger partial charge in [-0.15, -0.1) is 11.3 Å². The lowest BCUT2D eigenvalue weighted by molar-refractivity contribution is -0.121. The van der Waals surface area contributed by atoms with Crippen molar-refractivity contribution in [2.75, 3.05) is 19.8 Å². The molecular weight excluding hydrogens is 320 g/mol. The molecule has 1 aliphatic rings. The van der Waals surface area contributed by atoms with Gasteiger partial charge >= 0.3 is 0 Å². The summed E-state index contributed by atoms with van der Waals surface area (Å²) in [6, 6.07) is 10.1. The van der Waals surface area contributed by atoms with Crippen LogP contribution >= 0.6 is 11.3 Å². The predicted octanol–water partition coefficient (Wildman–Crippen LogP) is 3.68. The molecule has 1 aromatic carbocycles. The number of hydrogen-bond acceptors (Lipinski definition) is 4. The number of carbonyl (C=O) groups is 1. The quantitative estimate of drug-likeness (QED) is 0.870.